The number of hydrogen-bond acceptors (Lipinski definition) is 4. The van der Waals surface area contributed by atoms with E-state index in [2.05, 4.69) is 10.3 Å². The second-order valence-electron chi connectivity index (χ2n) is 4.95. The van der Waals surface area contributed by atoms with E-state index < -0.39 is 0 Å². The normalized spacial score (nSPS) is 23.1. The zero-order chi connectivity index (χ0) is 13.7. The summed E-state index contributed by atoms with van der Waals surface area (Å²) in [5.74, 6) is 1.05. The van der Waals surface area contributed by atoms with Crippen molar-refractivity contribution in [2.45, 2.75) is 32.6 Å². The van der Waals surface area contributed by atoms with Crippen LogP contribution in [0.25, 0.3) is 0 Å². The molecule has 2 aliphatic heterocycles. The minimum atomic E-state index is -0.0848. The van der Waals surface area contributed by atoms with E-state index >= 15 is 0 Å². The molecule has 0 aliphatic carbocycles. The van der Waals surface area contributed by atoms with Crippen LogP contribution in [-0.2, 0) is 9.59 Å². The van der Waals surface area contributed by atoms with E-state index in [0.29, 0.717) is 13.0 Å². The maximum atomic E-state index is 12.1. The number of thioether (sulfide) groups is 1. The molecule has 0 saturated carbocycles. The summed E-state index contributed by atoms with van der Waals surface area (Å²) in [4.78, 5) is 30.1. The molecule has 1 unspecified atom stereocenters. The Bertz CT molecular complexity index is 384. The molecule has 0 aromatic heterocycles. The van der Waals surface area contributed by atoms with Crippen LogP contribution < -0.4 is 5.32 Å². The van der Waals surface area contributed by atoms with Gasteiger partial charge < -0.3 is 10.2 Å². The van der Waals surface area contributed by atoms with Crippen molar-refractivity contribution in [1.82, 2.24) is 10.2 Å². The van der Waals surface area contributed by atoms with Gasteiger partial charge in [-0.2, -0.15) is 0 Å². The van der Waals surface area contributed by atoms with Crippen molar-refractivity contribution in [3.05, 3.63) is 0 Å². The number of amidine groups is 1. The van der Waals surface area contributed by atoms with Crippen LogP contribution >= 0.6 is 11.8 Å². The average molecular weight is 283 g/mol. The molecule has 1 N–H and O–H groups in total. The fourth-order valence-electron chi connectivity index (χ4n) is 2.41. The van der Waals surface area contributed by atoms with Crippen LogP contribution in [0.3, 0.4) is 0 Å². The Morgan fingerprint density at radius 1 is 1.53 bits per heavy atom. The minimum absolute atomic E-state index is 0.0159. The molecule has 2 heterocycles. The van der Waals surface area contributed by atoms with E-state index in [1.54, 1.807) is 11.8 Å². The summed E-state index contributed by atoms with van der Waals surface area (Å²) in [6.45, 7) is 4.13. The lowest BCUT2D eigenvalue weighted by Gasteiger charge is -2.32. The second-order valence-corrected chi connectivity index (χ2v) is 6.04. The van der Waals surface area contributed by atoms with E-state index in [-0.39, 0.29) is 17.7 Å². The van der Waals surface area contributed by atoms with E-state index in [1.807, 2.05) is 11.8 Å². The van der Waals surface area contributed by atoms with Gasteiger partial charge in [-0.3, -0.25) is 14.6 Å². The molecule has 1 atom stereocenters. The molecule has 1 fully saturated rings. The highest BCUT2D eigenvalue weighted by atomic mass is 32.2. The first-order valence-corrected chi connectivity index (χ1v) is 7.95. The first-order chi connectivity index (χ1) is 9.20. The van der Waals surface area contributed by atoms with E-state index in [1.165, 1.54) is 0 Å². The number of nitrogens with one attached hydrogen (secondary N) is 1. The number of carbonyl (C=O) groups is 2. The first-order valence-electron chi connectivity index (χ1n) is 6.96. The summed E-state index contributed by atoms with van der Waals surface area (Å²) in [5.41, 5.74) is 0. The fourth-order valence-corrected chi connectivity index (χ4v) is 3.14. The van der Waals surface area contributed by atoms with Crippen molar-refractivity contribution in [2.24, 2.45) is 10.9 Å². The minimum Gasteiger partial charge on any atom is -0.342 e. The maximum absolute atomic E-state index is 12.1. The van der Waals surface area contributed by atoms with Crippen LogP contribution in [0.4, 0.5) is 0 Å². The monoisotopic (exact) mass is 283 g/mol. The van der Waals surface area contributed by atoms with Crippen molar-refractivity contribution in [1.29, 1.82) is 0 Å². The van der Waals surface area contributed by atoms with Gasteiger partial charge in [0, 0.05) is 25.3 Å². The van der Waals surface area contributed by atoms with Crippen LogP contribution in [0.5, 0.6) is 0 Å². The summed E-state index contributed by atoms with van der Waals surface area (Å²) in [6, 6.07) is 0. The molecule has 2 aliphatic rings. The Kier molecular flexibility index (Phi) is 5.24. The van der Waals surface area contributed by atoms with Crippen molar-refractivity contribution < 1.29 is 9.59 Å². The van der Waals surface area contributed by atoms with Crippen molar-refractivity contribution in [3.8, 4) is 0 Å². The predicted molar refractivity (Wildman–Crippen MR) is 77.1 cm³/mol. The van der Waals surface area contributed by atoms with Gasteiger partial charge in [-0.1, -0.05) is 18.7 Å². The van der Waals surface area contributed by atoms with Gasteiger partial charge in [0.15, 0.2) is 5.17 Å². The summed E-state index contributed by atoms with van der Waals surface area (Å²) in [7, 11) is 0. The van der Waals surface area contributed by atoms with Gasteiger partial charge in [0.25, 0.3) is 0 Å². The van der Waals surface area contributed by atoms with Gasteiger partial charge in [0.1, 0.15) is 0 Å². The third-order valence-corrected chi connectivity index (χ3v) is 4.32. The van der Waals surface area contributed by atoms with Crippen LogP contribution in [0.2, 0.25) is 0 Å². The van der Waals surface area contributed by atoms with Crippen LogP contribution in [0, 0.1) is 5.92 Å². The molecule has 0 aromatic rings. The quantitative estimate of drug-likeness (QED) is 0.848. The predicted octanol–water partition coefficient (Wildman–Crippen LogP) is 1.24. The van der Waals surface area contributed by atoms with Gasteiger partial charge >= 0.3 is 0 Å². The summed E-state index contributed by atoms with van der Waals surface area (Å²) in [5, 5.41) is 3.61. The molecular formula is C13H21N3O2S. The smallest absolute Gasteiger partial charge is 0.230 e. The van der Waals surface area contributed by atoms with E-state index in [0.717, 1.165) is 43.3 Å². The zero-order valence-electron chi connectivity index (χ0n) is 11.4. The Balaban J connectivity index is 1.85. The number of amides is 2. The van der Waals surface area contributed by atoms with Gasteiger partial charge in [-0.25, -0.2) is 0 Å². The SMILES string of the molecule is CCCC(=O)N1CCCC(C(=O)NC2=NCCS2)C1. The van der Waals surface area contributed by atoms with Gasteiger partial charge in [-0.05, 0) is 19.3 Å². The van der Waals surface area contributed by atoms with Gasteiger partial charge in [0.05, 0.1) is 12.5 Å². The topological polar surface area (TPSA) is 61.8 Å². The molecule has 1 saturated heterocycles. The molecule has 0 bridgehead atoms. The molecule has 6 heteroatoms. The maximum Gasteiger partial charge on any atom is 0.230 e. The van der Waals surface area contributed by atoms with E-state index in [9.17, 15) is 9.59 Å². The Hall–Kier alpha value is -1.04. The first kappa shape index (κ1) is 14.4. The van der Waals surface area contributed by atoms with Gasteiger partial charge in [0.2, 0.25) is 11.8 Å². The molecule has 0 aromatic carbocycles. The van der Waals surface area contributed by atoms with Crippen molar-refractivity contribution in [2.75, 3.05) is 25.4 Å². The third kappa shape index (κ3) is 3.96. The molecule has 0 spiro atoms. The molecular weight excluding hydrogens is 262 g/mol. The van der Waals surface area contributed by atoms with Crippen LogP contribution in [-0.4, -0.2) is 47.3 Å². The highest BCUT2D eigenvalue weighted by molar-refractivity contribution is 8.14. The standard InChI is InChI=1S/C13H21N3O2S/c1-2-4-11(17)16-7-3-5-10(9-16)12(18)15-13-14-6-8-19-13/h10H,2-9H2,1H3,(H,14,15,18). The number of rotatable bonds is 3. The summed E-state index contributed by atoms with van der Waals surface area (Å²) in [6.07, 6.45) is 3.21. The number of nitrogens with zero attached hydrogens (tertiary/aromatic N) is 2. The highest BCUT2D eigenvalue weighted by Crippen LogP contribution is 2.19. The number of aliphatic imine (C=N–C) groups is 1. The van der Waals surface area contributed by atoms with Crippen LogP contribution in [0.1, 0.15) is 32.6 Å². The van der Waals surface area contributed by atoms with Gasteiger partial charge in [-0.15, -0.1) is 0 Å². The lowest BCUT2D eigenvalue weighted by Crippen LogP contribution is -2.46. The molecule has 5 nitrogen and oxygen atoms in total. The Labute approximate surface area is 118 Å². The summed E-state index contributed by atoms with van der Waals surface area (Å²) < 4.78 is 0. The molecule has 2 amide bonds. The molecule has 106 valence electrons. The third-order valence-electron chi connectivity index (χ3n) is 3.42. The number of hydrogen-bond donors (Lipinski definition) is 1. The zero-order valence-corrected chi connectivity index (χ0v) is 12.2. The lowest BCUT2D eigenvalue weighted by atomic mass is 9.97. The Morgan fingerprint density at radius 2 is 2.37 bits per heavy atom. The summed E-state index contributed by atoms with van der Waals surface area (Å²) >= 11 is 1.59. The largest absolute Gasteiger partial charge is 0.342 e. The molecule has 2 rings (SSSR count). The average Bonchev–Trinajstić information content (AvgIpc) is 2.92. The van der Waals surface area contributed by atoms with Crippen LogP contribution in [0.15, 0.2) is 4.99 Å². The highest BCUT2D eigenvalue weighted by Gasteiger charge is 2.28. The number of likely N-dealkylation sites (tertiary alicyclic amines) is 1. The lowest BCUT2D eigenvalue weighted by molar-refractivity contribution is -0.135. The van der Waals surface area contributed by atoms with Crippen molar-refractivity contribution in [3.63, 3.8) is 0 Å². The van der Waals surface area contributed by atoms with Crippen molar-refractivity contribution >= 4 is 28.7 Å². The number of carbonyl (C=O) groups excluding carboxylic acids is 2. The number of piperidine rings is 1. The Morgan fingerprint density at radius 3 is 3.05 bits per heavy atom. The molecule has 0 radical (unpaired) electrons. The van der Waals surface area contributed by atoms with E-state index in [4.69, 9.17) is 0 Å². The fraction of sp³-hybridized carbons (Fsp3) is 0.769. The molecule has 19 heavy (non-hydrogen) atoms. The second kappa shape index (κ2) is 6.93.